The Hall–Kier alpha value is -4.29. The normalized spacial score (nSPS) is 11.6. The fraction of sp³-hybridized carbons (Fsp3) is 0.120. The molecule has 0 fully saturated rings. The molecule has 0 saturated carbocycles. The van der Waals surface area contributed by atoms with Gasteiger partial charge in [0.1, 0.15) is 16.7 Å². The number of nitrogens with one attached hydrogen (secondary N) is 2. The summed E-state index contributed by atoms with van der Waals surface area (Å²) < 4.78 is 42.9. The summed E-state index contributed by atoms with van der Waals surface area (Å²) in [6.07, 6.45) is 1.33. The Kier molecular flexibility index (Phi) is 7.46. The van der Waals surface area contributed by atoms with Gasteiger partial charge in [0.15, 0.2) is 0 Å². The van der Waals surface area contributed by atoms with Crippen molar-refractivity contribution in [2.24, 2.45) is 5.10 Å². The number of nitrogens with zero attached hydrogens (tertiary/aromatic N) is 4. The molecule has 4 rings (SSSR count). The molecule has 1 heterocycles. The smallest absolute Gasteiger partial charge is 0.279 e. The second-order valence-electron chi connectivity index (χ2n) is 8.41. The zero-order valence-corrected chi connectivity index (χ0v) is 22.0. The average Bonchev–Trinajstić information content (AvgIpc) is 3.14. The van der Waals surface area contributed by atoms with Gasteiger partial charge in [0, 0.05) is 6.07 Å². The molecule has 196 valence electrons. The molecule has 0 bridgehead atoms. The highest BCUT2D eigenvalue weighted by Gasteiger charge is 2.22. The largest absolute Gasteiger partial charge is 0.295 e. The highest BCUT2D eigenvalue weighted by atomic mass is 35.5. The maximum absolute atomic E-state index is 13.2. The minimum Gasteiger partial charge on any atom is -0.279 e. The number of nitro benzene ring substituents is 1. The van der Waals surface area contributed by atoms with Gasteiger partial charge in [-0.1, -0.05) is 29.3 Å². The summed E-state index contributed by atoms with van der Waals surface area (Å²) in [5.41, 5.74) is 5.58. The van der Waals surface area contributed by atoms with Gasteiger partial charge in [-0.05, 0) is 68.8 Å². The van der Waals surface area contributed by atoms with Crippen LogP contribution in [0.5, 0.6) is 0 Å². The number of anilines is 2. The second kappa shape index (κ2) is 10.6. The van der Waals surface area contributed by atoms with Gasteiger partial charge in [-0.2, -0.15) is 10.2 Å². The minimum absolute atomic E-state index is 0.0311. The average molecular weight is 557 g/mol. The summed E-state index contributed by atoms with van der Waals surface area (Å²) >= 11 is 6.43. The van der Waals surface area contributed by atoms with Crippen LogP contribution in [-0.2, 0) is 10.0 Å². The van der Waals surface area contributed by atoms with Crippen LogP contribution in [0.2, 0.25) is 5.15 Å². The van der Waals surface area contributed by atoms with E-state index in [4.69, 9.17) is 11.6 Å². The van der Waals surface area contributed by atoms with E-state index in [1.54, 1.807) is 26.0 Å². The van der Waals surface area contributed by atoms with Gasteiger partial charge in [-0.15, -0.1) is 0 Å². The Labute approximate surface area is 223 Å². The number of rotatable bonds is 8. The van der Waals surface area contributed by atoms with Crippen molar-refractivity contribution in [2.75, 3.05) is 10.1 Å². The molecular weight excluding hydrogens is 535 g/mol. The van der Waals surface area contributed by atoms with E-state index >= 15 is 0 Å². The summed E-state index contributed by atoms with van der Waals surface area (Å²) in [6.45, 7) is 5.34. The second-order valence-corrected chi connectivity index (χ2v) is 10.4. The number of benzene rings is 3. The molecule has 0 aliphatic rings. The maximum Gasteiger partial charge on any atom is 0.295 e. The number of halogens is 2. The van der Waals surface area contributed by atoms with Gasteiger partial charge < -0.3 is 0 Å². The monoisotopic (exact) mass is 556 g/mol. The molecular formula is C25H22ClFN6O4S. The van der Waals surface area contributed by atoms with Crippen LogP contribution in [0.4, 0.5) is 21.5 Å². The molecule has 2 N–H and O–H groups in total. The van der Waals surface area contributed by atoms with E-state index in [0.717, 1.165) is 11.6 Å². The first-order valence-electron chi connectivity index (χ1n) is 11.1. The Balaban J connectivity index is 1.58. The molecule has 0 aliphatic heterocycles. The van der Waals surface area contributed by atoms with E-state index in [1.807, 2.05) is 13.0 Å². The highest BCUT2D eigenvalue weighted by Crippen LogP contribution is 2.29. The van der Waals surface area contributed by atoms with Gasteiger partial charge in [0.25, 0.3) is 15.7 Å². The molecule has 38 heavy (non-hydrogen) atoms. The molecule has 0 unspecified atom stereocenters. The molecule has 0 radical (unpaired) electrons. The standard InChI is InChI=1S/C25H22ClFN6O4S/c1-15-4-10-22(16(2)12-15)31-38(36,37)20-9-11-23(24(13-20)33(34)35)29-28-14-21-17(3)30-32(25(21)26)19-7-5-18(27)6-8-19/h4-14,29,31H,1-3H3/b28-14-. The van der Waals surface area contributed by atoms with Crippen molar-refractivity contribution in [1.82, 2.24) is 9.78 Å². The molecule has 10 nitrogen and oxygen atoms in total. The lowest BCUT2D eigenvalue weighted by Crippen LogP contribution is -2.14. The summed E-state index contributed by atoms with van der Waals surface area (Å²) in [4.78, 5) is 10.7. The maximum atomic E-state index is 13.2. The first kappa shape index (κ1) is 26.8. The predicted molar refractivity (Wildman–Crippen MR) is 144 cm³/mol. The van der Waals surface area contributed by atoms with Crippen molar-refractivity contribution in [1.29, 1.82) is 0 Å². The number of hydrogen-bond acceptors (Lipinski definition) is 7. The van der Waals surface area contributed by atoms with Crippen molar-refractivity contribution in [2.45, 2.75) is 25.7 Å². The van der Waals surface area contributed by atoms with Crippen molar-refractivity contribution in [3.05, 3.63) is 104 Å². The third-order valence-corrected chi connectivity index (χ3v) is 7.33. The summed E-state index contributed by atoms with van der Waals surface area (Å²) in [5.74, 6) is -0.402. The zero-order chi connectivity index (χ0) is 27.6. The van der Waals surface area contributed by atoms with Crippen LogP contribution in [0.25, 0.3) is 5.69 Å². The molecule has 0 atom stereocenters. The highest BCUT2D eigenvalue weighted by molar-refractivity contribution is 7.92. The Bertz CT molecular complexity index is 1670. The Morgan fingerprint density at radius 2 is 1.74 bits per heavy atom. The third-order valence-electron chi connectivity index (χ3n) is 5.60. The summed E-state index contributed by atoms with van der Waals surface area (Å²) in [7, 11) is -4.10. The Morgan fingerprint density at radius 3 is 2.39 bits per heavy atom. The van der Waals surface area contributed by atoms with E-state index < -0.39 is 26.5 Å². The fourth-order valence-corrected chi connectivity index (χ4v) is 5.10. The number of aryl methyl sites for hydroxylation is 3. The van der Waals surface area contributed by atoms with Gasteiger partial charge in [-0.3, -0.25) is 20.3 Å². The van der Waals surface area contributed by atoms with E-state index in [9.17, 15) is 22.9 Å². The van der Waals surface area contributed by atoms with Gasteiger partial charge in [-0.25, -0.2) is 17.5 Å². The quantitative estimate of drug-likeness (QED) is 0.161. The topological polar surface area (TPSA) is 132 Å². The fourth-order valence-electron chi connectivity index (χ4n) is 3.63. The van der Waals surface area contributed by atoms with Crippen molar-refractivity contribution in [3.63, 3.8) is 0 Å². The molecule has 0 aliphatic carbocycles. The van der Waals surface area contributed by atoms with Gasteiger partial charge in [0.05, 0.1) is 38.7 Å². The lowest BCUT2D eigenvalue weighted by Gasteiger charge is -2.12. The van der Waals surface area contributed by atoms with Crippen LogP contribution < -0.4 is 10.1 Å². The van der Waals surface area contributed by atoms with Crippen molar-refractivity contribution >= 4 is 44.9 Å². The lowest BCUT2D eigenvalue weighted by molar-refractivity contribution is -0.384. The minimum atomic E-state index is -4.10. The SMILES string of the molecule is Cc1ccc(NS(=O)(=O)c2ccc(N/N=C\c3c(C)nn(-c4ccc(F)cc4)c3Cl)c([N+](=O)[O-])c2)c(C)c1. The molecule has 4 aromatic rings. The predicted octanol–water partition coefficient (Wildman–Crippen LogP) is 5.75. The van der Waals surface area contributed by atoms with Gasteiger partial charge >= 0.3 is 0 Å². The van der Waals surface area contributed by atoms with Crippen LogP contribution >= 0.6 is 11.6 Å². The number of hydrogen-bond donors (Lipinski definition) is 2. The van der Waals surface area contributed by atoms with E-state index in [0.29, 0.717) is 28.2 Å². The Morgan fingerprint density at radius 1 is 1.05 bits per heavy atom. The zero-order valence-electron chi connectivity index (χ0n) is 20.4. The molecule has 0 spiro atoms. The number of aromatic nitrogens is 2. The molecule has 1 aromatic heterocycles. The first-order chi connectivity index (χ1) is 18.0. The van der Waals surface area contributed by atoms with Crippen molar-refractivity contribution < 1.29 is 17.7 Å². The van der Waals surface area contributed by atoms with Crippen LogP contribution in [-0.4, -0.2) is 29.3 Å². The molecule has 0 saturated heterocycles. The number of sulfonamides is 1. The van der Waals surface area contributed by atoms with Crippen LogP contribution in [0.1, 0.15) is 22.4 Å². The third kappa shape index (κ3) is 5.66. The molecule has 0 amide bonds. The lowest BCUT2D eigenvalue weighted by atomic mass is 10.1. The first-order valence-corrected chi connectivity index (χ1v) is 13.0. The van der Waals surface area contributed by atoms with Crippen LogP contribution in [0.3, 0.4) is 0 Å². The van der Waals surface area contributed by atoms with Crippen LogP contribution in [0.15, 0.2) is 70.7 Å². The van der Waals surface area contributed by atoms with Crippen molar-refractivity contribution in [3.8, 4) is 5.69 Å². The summed E-state index contributed by atoms with van der Waals surface area (Å²) in [5, 5.41) is 20.3. The summed E-state index contributed by atoms with van der Waals surface area (Å²) in [6, 6.07) is 14.2. The number of nitro groups is 1. The van der Waals surface area contributed by atoms with E-state index in [-0.39, 0.29) is 15.7 Å². The molecule has 13 heteroatoms. The van der Waals surface area contributed by atoms with Gasteiger partial charge in [0.2, 0.25) is 0 Å². The van der Waals surface area contributed by atoms with Crippen LogP contribution in [0, 0.1) is 36.7 Å². The number of hydrazone groups is 1. The van der Waals surface area contributed by atoms with E-state index in [2.05, 4.69) is 20.3 Å². The van der Waals surface area contributed by atoms with E-state index in [1.165, 1.54) is 47.3 Å². The molecule has 3 aromatic carbocycles.